The van der Waals surface area contributed by atoms with Crippen molar-refractivity contribution in [3.05, 3.63) is 46.4 Å². The van der Waals surface area contributed by atoms with Crippen LogP contribution >= 0.6 is 0 Å². The number of furan rings is 1. The zero-order valence-corrected chi connectivity index (χ0v) is 16.8. The zero-order valence-electron chi connectivity index (χ0n) is 16.8. The van der Waals surface area contributed by atoms with Gasteiger partial charge in [0.05, 0.1) is 39.4 Å². The van der Waals surface area contributed by atoms with Crippen LogP contribution in [0.25, 0.3) is 0 Å². The third-order valence-electron chi connectivity index (χ3n) is 5.12. The van der Waals surface area contributed by atoms with Gasteiger partial charge in [0, 0.05) is 6.54 Å². The van der Waals surface area contributed by atoms with E-state index in [1.807, 2.05) is 12.1 Å². The summed E-state index contributed by atoms with van der Waals surface area (Å²) in [5.74, 6) is 1.88. The molecular formula is C21H25NO6. The number of hydrogen-bond acceptors (Lipinski definition) is 6. The summed E-state index contributed by atoms with van der Waals surface area (Å²) in [7, 11) is 4.48. The number of hydrogen-bond donors (Lipinski definition) is 0. The van der Waals surface area contributed by atoms with Crippen LogP contribution in [0.2, 0.25) is 0 Å². The molecule has 0 radical (unpaired) electrons. The smallest absolute Gasteiger partial charge is 0.307 e. The minimum atomic E-state index is -0.460. The van der Waals surface area contributed by atoms with Gasteiger partial charge in [0.15, 0.2) is 11.5 Å². The van der Waals surface area contributed by atoms with E-state index in [1.165, 1.54) is 7.11 Å². The quantitative estimate of drug-likeness (QED) is 0.733. The molecule has 2 heterocycles. The largest absolute Gasteiger partial charge is 0.493 e. The molecule has 3 rings (SSSR count). The number of methoxy groups -OCH3 is 3. The molecule has 2 aromatic rings. The van der Waals surface area contributed by atoms with Gasteiger partial charge >= 0.3 is 5.97 Å². The lowest BCUT2D eigenvalue weighted by Crippen LogP contribution is -2.41. The Bertz CT molecular complexity index is 901. The second kappa shape index (κ2) is 7.96. The Morgan fingerprint density at radius 3 is 2.36 bits per heavy atom. The molecule has 1 aromatic carbocycles. The number of amides is 1. The summed E-state index contributed by atoms with van der Waals surface area (Å²) < 4.78 is 21.2. The van der Waals surface area contributed by atoms with Gasteiger partial charge in [-0.05, 0) is 49.6 Å². The lowest BCUT2D eigenvalue weighted by molar-refractivity contribution is -0.141. The molecule has 0 spiro atoms. The van der Waals surface area contributed by atoms with Crippen molar-refractivity contribution in [1.29, 1.82) is 0 Å². The number of nitrogens with zero attached hydrogens (tertiary/aromatic N) is 1. The van der Waals surface area contributed by atoms with E-state index in [0.29, 0.717) is 41.5 Å². The molecule has 1 aliphatic heterocycles. The molecule has 0 bridgehead atoms. The maximum absolute atomic E-state index is 13.3. The van der Waals surface area contributed by atoms with E-state index in [4.69, 9.17) is 18.6 Å². The highest BCUT2D eigenvalue weighted by Gasteiger charge is 2.35. The minimum absolute atomic E-state index is 0.0562. The third-order valence-corrected chi connectivity index (χ3v) is 5.12. The maximum Gasteiger partial charge on any atom is 0.307 e. The van der Waals surface area contributed by atoms with Gasteiger partial charge in [-0.15, -0.1) is 0 Å². The Hall–Kier alpha value is -2.96. The molecule has 0 unspecified atom stereocenters. The minimum Gasteiger partial charge on any atom is -0.493 e. The van der Waals surface area contributed by atoms with Gasteiger partial charge in [-0.25, -0.2) is 0 Å². The second-order valence-corrected chi connectivity index (χ2v) is 6.78. The van der Waals surface area contributed by atoms with Crippen LogP contribution in [0.4, 0.5) is 0 Å². The molecule has 150 valence electrons. The topological polar surface area (TPSA) is 78.2 Å². The summed E-state index contributed by atoms with van der Waals surface area (Å²) in [5, 5.41) is 0. The fraction of sp³-hybridized carbons (Fsp3) is 0.429. The highest BCUT2D eigenvalue weighted by molar-refractivity contribution is 5.96. The first kappa shape index (κ1) is 19.8. The number of fused-ring (bicyclic) bond motifs is 1. The summed E-state index contributed by atoms with van der Waals surface area (Å²) in [6.45, 7) is 4.05. The number of aryl methyl sites for hydroxylation is 2. The molecule has 1 aromatic heterocycles. The van der Waals surface area contributed by atoms with Crippen molar-refractivity contribution in [2.45, 2.75) is 32.7 Å². The summed E-state index contributed by atoms with van der Waals surface area (Å²) in [6.07, 6.45) is 0.704. The van der Waals surface area contributed by atoms with Crippen molar-refractivity contribution in [2.75, 3.05) is 27.9 Å². The summed E-state index contributed by atoms with van der Waals surface area (Å²) in [6, 6.07) is 5.03. The van der Waals surface area contributed by atoms with E-state index in [2.05, 4.69) is 0 Å². The number of rotatable bonds is 5. The van der Waals surface area contributed by atoms with Gasteiger partial charge in [0.2, 0.25) is 0 Å². The first-order valence-corrected chi connectivity index (χ1v) is 9.09. The second-order valence-electron chi connectivity index (χ2n) is 6.78. The van der Waals surface area contributed by atoms with E-state index in [1.54, 1.807) is 39.0 Å². The van der Waals surface area contributed by atoms with Crippen molar-refractivity contribution in [2.24, 2.45) is 0 Å². The van der Waals surface area contributed by atoms with Crippen LogP contribution in [-0.4, -0.2) is 44.7 Å². The Balaban J connectivity index is 2.05. The first-order chi connectivity index (χ1) is 13.4. The van der Waals surface area contributed by atoms with Gasteiger partial charge in [-0.1, -0.05) is 0 Å². The van der Waals surface area contributed by atoms with Crippen LogP contribution in [-0.2, 0) is 16.0 Å². The summed E-state index contributed by atoms with van der Waals surface area (Å²) in [4.78, 5) is 27.1. The van der Waals surface area contributed by atoms with Crippen molar-refractivity contribution in [3.8, 4) is 11.5 Å². The van der Waals surface area contributed by atoms with Gasteiger partial charge in [0.25, 0.3) is 5.91 Å². The number of benzene rings is 1. The number of ether oxygens (including phenoxy) is 3. The van der Waals surface area contributed by atoms with E-state index in [9.17, 15) is 9.59 Å². The Morgan fingerprint density at radius 1 is 1.11 bits per heavy atom. The number of carbonyl (C=O) groups excluding carboxylic acids is 2. The molecule has 0 fully saturated rings. The average Bonchev–Trinajstić information content (AvgIpc) is 3.04. The van der Waals surface area contributed by atoms with Crippen LogP contribution in [0.1, 0.15) is 45.5 Å². The molecule has 7 nitrogen and oxygen atoms in total. The fourth-order valence-corrected chi connectivity index (χ4v) is 3.73. The highest BCUT2D eigenvalue weighted by Crippen LogP contribution is 2.40. The Labute approximate surface area is 164 Å². The Kier molecular flexibility index (Phi) is 5.63. The lowest BCUT2D eigenvalue weighted by atomic mass is 9.89. The van der Waals surface area contributed by atoms with Gasteiger partial charge in [0.1, 0.15) is 11.5 Å². The van der Waals surface area contributed by atoms with E-state index in [0.717, 1.165) is 11.1 Å². The molecule has 0 N–H and O–H groups in total. The Morgan fingerprint density at radius 2 is 1.79 bits per heavy atom. The van der Waals surface area contributed by atoms with Crippen LogP contribution < -0.4 is 9.47 Å². The normalized spacial score (nSPS) is 15.8. The van der Waals surface area contributed by atoms with E-state index < -0.39 is 6.04 Å². The highest BCUT2D eigenvalue weighted by atomic mass is 16.5. The standard InChI is InChI=1S/C21H25NO6/c1-12-8-15(13(2)28-12)21(24)22-7-6-14-9-18(25-3)19(26-4)10-16(14)17(22)11-20(23)27-5/h8-10,17H,6-7,11H2,1-5H3/t17-/m0/s1. The maximum atomic E-state index is 13.3. The lowest BCUT2D eigenvalue weighted by Gasteiger charge is -2.37. The third kappa shape index (κ3) is 3.56. The monoisotopic (exact) mass is 387 g/mol. The van der Waals surface area contributed by atoms with E-state index in [-0.39, 0.29) is 18.3 Å². The van der Waals surface area contributed by atoms with Gasteiger partial charge in [-0.3, -0.25) is 9.59 Å². The summed E-state index contributed by atoms with van der Waals surface area (Å²) >= 11 is 0. The van der Waals surface area contributed by atoms with Crippen LogP contribution in [0.3, 0.4) is 0 Å². The predicted molar refractivity (Wildman–Crippen MR) is 102 cm³/mol. The number of esters is 1. The molecule has 0 aliphatic carbocycles. The van der Waals surface area contributed by atoms with Gasteiger partial charge in [-0.2, -0.15) is 0 Å². The summed E-state index contributed by atoms with van der Waals surface area (Å²) in [5.41, 5.74) is 2.40. The molecule has 28 heavy (non-hydrogen) atoms. The molecule has 7 heteroatoms. The SMILES string of the molecule is COC(=O)C[C@H]1c2cc(OC)c(OC)cc2CCN1C(=O)c1cc(C)oc1C. The number of carbonyl (C=O) groups is 2. The van der Waals surface area contributed by atoms with Crippen molar-refractivity contribution >= 4 is 11.9 Å². The van der Waals surface area contributed by atoms with Crippen molar-refractivity contribution in [3.63, 3.8) is 0 Å². The molecule has 0 saturated heterocycles. The van der Waals surface area contributed by atoms with Gasteiger partial charge < -0.3 is 23.5 Å². The molecule has 1 amide bonds. The van der Waals surface area contributed by atoms with Crippen molar-refractivity contribution < 1.29 is 28.2 Å². The molecule has 0 saturated carbocycles. The van der Waals surface area contributed by atoms with Crippen LogP contribution in [0.15, 0.2) is 22.6 Å². The first-order valence-electron chi connectivity index (χ1n) is 9.09. The zero-order chi connectivity index (χ0) is 20.4. The fourth-order valence-electron chi connectivity index (χ4n) is 3.73. The van der Waals surface area contributed by atoms with Crippen molar-refractivity contribution in [1.82, 2.24) is 4.90 Å². The van der Waals surface area contributed by atoms with Crippen LogP contribution in [0.5, 0.6) is 11.5 Å². The predicted octanol–water partition coefficient (Wildman–Crippen LogP) is 3.22. The van der Waals surface area contributed by atoms with Crippen LogP contribution in [0, 0.1) is 13.8 Å². The average molecular weight is 387 g/mol. The molecule has 1 atom stereocenters. The molecular weight excluding hydrogens is 362 g/mol. The molecule has 1 aliphatic rings. The van der Waals surface area contributed by atoms with E-state index >= 15 is 0 Å².